The summed E-state index contributed by atoms with van der Waals surface area (Å²) in [7, 11) is 0. The number of alkyl halides is 1. The lowest BCUT2D eigenvalue weighted by Gasteiger charge is -2.12. The van der Waals surface area contributed by atoms with Crippen LogP contribution in [0.2, 0.25) is 0 Å². The van der Waals surface area contributed by atoms with Gasteiger partial charge >= 0.3 is 0 Å². The number of hydrogen-bond donors (Lipinski definition) is 0. The lowest BCUT2D eigenvalue weighted by molar-refractivity contribution is 0.513. The Balaban J connectivity index is 2.01. The molecule has 0 N–H and O–H groups in total. The van der Waals surface area contributed by atoms with Crippen LogP contribution in [0.5, 0.6) is 0 Å². The van der Waals surface area contributed by atoms with Crippen molar-refractivity contribution >= 4 is 11.6 Å². The molecule has 1 heteroatoms. The van der Waals surface area contributed by atoms with Crippen LogP contribution in [0.15, 0.2) is 24.3 Å². The fraction of sp³-hybridized carbons (Fsp3) is 0.538. The van der Waals surface area contributed by atoms with E-state index < -0.39 is 0 Å². The highest BCUT2D eigenvalue weighted by Gasteiger charge is 2.30. The standard InChI is InChI=1S/C13H17Cl/c1-10-3-2-4-11(7-10)8-13(9-14)12-5-6-12/h2-4,7,12-13H,5-6,8-9H2,1H3. The summed E-state index contributed by atoms with van der Waals surface area (Å²) in [5.74, 6) is 2.44. The van der Waals surface area contributed by atoms with Gasteiger partial charge in [0.1, 0.15) is 0 Å². The summed E-state index contributed by atoms with van der Waals surface area (Å²) in [6.07, 6.45) is 3.95. The third-order valence-corrected chi connectivity index (χ3v) is 3.46. The Bertz CT molecular complexity index is 302. The van der Waals surface area contributed by atoms with E-state index in [4.69, 9.17) is 11.6 Å². The number of hydrogen-bond acceptors (Lipinski definition) is 0. The summed E-state index contributed by atoms with van der Waals surface area (Å²) in [5, 5.41) is 0. The Morgan fingerprint density at radius 2 is 2.21 bits per heavy atom. The molecule has 0 nitrogen and oxygen atoms in total. The molecule has 1 aliphatic rings. The van der Waals surface area contributed by atoms with Crippen molar-refractivity contribution in [3.05, 3.63) is 35.4 Å². The minimum atomic E-state index is 0.707. The quantitative estimate of drug-likeness (QED) is 0.661. The van der Waals surface area contributed by atoms with Gasteiger partial charge in [0, 0.05) is 5.88 Å². The normalized spacial score (nSPS) is 18.1. The predicted molar refractivity (Wildman–Crippen MR) is 61.8 cm³/mol. The molecule has 0 saturated heterocycles. The van der Waals surface area contributed by atoms with Crippen LogP contribution in [0.3, 0.4) is 0 Å². The molecule has 0 aromatic heterocycles. The van der Waals surface area contributed by atoms with Crippen molar-refractivity contribution in [2.24, 2.45) is 11.8 Å². The molecule has 1 aliphatic carbocycles. The summed E-state index contributed by atoms with van der Waals surface area (Å²) in [4.78, 5) is 0. The maximum Gasteiger partial charge on any atom is 0.0257 e. The van der Waals surface area contributed by atoms with Gasteiger partial charge in [0.05, 0.1) is 0 Å². The van der Waals surface area contributed by atoms with Crippen molar-refractivity contribution in [1.82, 2.24) is 0 Å². The fourth-order valence-electron chi connectivity index (χ4n) is 2.06. The minimum Gasteiger partial charge on any atom is -0.126 e. The molecule has 1 atom stereocenters. The number of halogens is 1. The van der Waals surface area contributed by atoms with Crippen molar-refractivity contribution in [3.63, 3.8) is 0 Å². The monoisotopic (exact) mass is 208 g/mol. The molecule has 0 radical (unpaired) electrons. The number of benzene rings is 1. The molecule has 0 spiro atoms. The van der Waals surface area contributed by atoms with Crippen LogP contribution in [-0.2, 0) is 6.42 Å². The Labute approximate surface area is 91.3 Å². The van der Waals surface area contributed by atoms with Gasteiger partial charge in [0.2, 0.25) is 0 Å². The van der Waals surface area contributed by atoms with Crippen LogP contribution < -0.4 is 0 Å². The zero-order valence-electron chi connectivity index (χ0n) is 8.67. The topological polar surface area (TPSA) is 0 Å². The van der Waals surface area contributed by atoms with Crippen LogP contribution in [0.1, 0.15) is 24.0 Å². The highest BCUT2D eigenvalue weighted by Crippen LogP contribution is 2.39. The van der Waals surface area contributed by atoms with Gasteiger partial charge in [-0.15, -0.1) is 11.6 Å². The Morgan fingerprint density at radius 3 is 2.79 bits per heavy atom. The van der Waals surface area contributed by atoms with Gasteiger partial charge in [0.25, 0.3) is 0 Å². The van der Waals surface area contributed by atoms with Crippen LogP contribution in [-0.4, -0.2) is 5.88 Å². The van der Waals surface area contributed by atoms with Gasteiger partial charge < -0.3 is 0 Å². The molecule has 0 heterocycles. The first kappa shape index (κ1) is 10.0. The van der Waals surface area contributed by atoms with Crippen LogP contribution in [0.25, 0.3) is 0 Å². The second-order valence-corrected chi connectivity index (χ2v) is 4.75. The minimum absolute atomic E-state index is 0.707. The van der Waals surface area contributed by atoms with Crippen LogP contribution >= 0.6 is 11.6 Å². The molecular weight excluding hydrogens is 192 g/mol. The van der Waals surface area contributed by atoms with E-state index in [-0.39, 0.29) is 0 Å². The van der Waals surface area contributed by atoms with Gasteiger partial charge in [-0.05, 0) is 43.6 Å². The molecule has 0 bridgehead atoms. The first-order valence-electron chi connectivity index (χ1n) is 5.41. The highest BCUT2D eigenvalue weighted by atomic mass is 35.5. The maximum atomic E-state index is 5.99. The smallest absolute Gasteiger partial charge is 0.0257 e. The van der Waals surface area contributed by atoms with E-state index in [2.05, 4.69) is 31.2 Å². The Kier molecular flexibility index (Phi) is 3.12. The lowest BCUT2D eigenvalue weighted by Crippen LogP contribution is -2.08. The lowest BCUT2D eigenvalue weighted by atomic mass is 9.96. The summed E-state index contributed by atoms with van der Waals surface area (Å²) in [6.45, 7) is 2.15. The van der Waals surface area contributed by atoms with Gasteiger partial charge in [-0.25, -0.2) is 0 Å². The maximum absolute atomic E-state index is 5.99. The summed E-state index contributed by atoms with van der Waals surface area (Å²) < 4.78 is 0. The Hall–Kier alpha value is -0.490. The average Bonchev–Trinajstić information content (AvgIpc) is 2.97. The summed E-state index contributed by atoms with van der Waals surface area (Å²) in [5.41, 5.74) is 2.80. The first-order valence-corrected chi connectivity index (χ1v) is 5.94. The first-order chi connectivity index (χ1) is 6.79. The van der Waals surface area contributed by atoms with E-state index in [0.717, 1.165) is 18.2 Å². The van der Waals surface area contributed by atoms with E-state index in [0.29, 0.717) is 5.92 Å². The highest BCUT2D eigenvalue weighted by molar-refractivity contribution is 6.18. The summed E-state index contributed by atoms with van der Waals surface area (Å²) >= 11 is 5.99. The molecule has 1 fully saturated rings. The molecule has 2 rings (SSSR count). The zero-order chi connectivity index (χ0) is 9.97. The zero-order valence-corrected chi connectivity index (χ0v) is 9.43. The molecule has 0 amide bonds. The summed E-state index contributed by atoms with van der Waals surface area (Å²) in [6, 6.07) is 8.79. The second kappa shape index (κ2) is 4.35. The van der Waals surface area contributed by atoms with Crippen molar-refractivity contribution < 1.29 is 0 Å². The molecule has 1 unspecified atom stereocenters. The molecule has 76 valence electrons. The average molecular weight is 209 g/mol. The molecule has 1 aromatic rings. The van der Waals surface area contributed by atoms with Crippen molar-refractivity contribution in [3.8, 4) is 0 Å². The van der Waals surface area contributed by atoms with E-state index in [1.54, 1.807) is 0 Å². The Morgan fingerprint density at radius 1 is 1.43 bits per heavy atom. The van der Waals surface area contributed by atoms with E-state index in [1.807, 2.05) is 0 Å². The number of rotatable bonds is 4. The van der Waals surface area contributed by atoms with E-state index in [1.165, 1.54) is 24.0 Å². The van der Waals surface area contributed by atoms with Crippen molar-refractivity contribution in [2.75, 3.05) is 5.88 Å². The molecular formula is C13H17Cl. The van der Waals surface area contributed by atoms with E-state index in [9.17, 15) is 0 Å². The second-order valence-electron chi connectivity index (χ2n) is 4.44. The van der Waals surface area contributed by atoms with Gasteiger partial charge in [0.15, 0.2) is 0 Å². The van der Waals surface area contributed by atoms with E-state index >= 15 is 0 Å². The van der Waals surface area contributed by atoms with Gasteiger partial charge in [-0.2, -0.15) is 0 Å². The third kappa shape index (κ3) is 2.51. The van der Waals surface area contributed by atoms with Crippen LogP contribution in [0, 0.1) is 18.8 Å². The van der Waals surface area contributed by atoms with Crippen molar-refractivity contribution in [2.45, 2.75) is 26.2 Å². The van der Waals surface area contributed by atoms with Gasteiger partial charge in [-0.3, -0.25) is 0 Å². The third-order valence-electron chi connectivity index (χ3n) is 3.07. The molecule has 0 aliphatic heterocycles. The molecule has 14 heavy (non-hydrogen) atoms. The molecule has 1 saturated carbocycles. The van der Waals surface area contributed by atoms with Gasteiger partial charge in [-0.1, -0.05) is 29.8 Å². The van der Waals surface area contributed by atoms with Crippen molar-refractivity contribution in [1.29, 1.82) is 0 Å². The predicted octanol–water partition coefficient (Wildman–Crippen LogP) is 3.80. The fourth-order valence-corrected chi connectivity index (χ4v) is 2.42. The van der Waals surface area contributed by atoms with Crippen LogP contribution in [0.4, 0.5) is 0 Å². The largest absolute Gasteiger partial charge is 0.126 e. The molecule has 1 aromatic carbocycles. The SMILES string of the molecule is Cc1cccc(CC(CCl)C2CC2)c1. The number of aryl methyl sites for hydroxylation is 1.